The monoisotopic (exact) mass is 1390 g/mol. The minimum absolute atomic E-state index is 0.000673. The second kappa shape index (κ2) is 41.3. The largest absolute Gasteiger partial charge is 0.410 e. The highest BCUT2D eigenvalue weighted by Crippen LogP contribution is 2.38. The van der Waals surface area contributed by atoms with Crippen molar-refractivity contribution in [1.29, 1.82) is 0 Å². The van der Waals surface area contributed by atoms with Gasteiger partial charge in [0.2, 0.25) is 11.8 Å². The van der Waals surface area contributed by atoms with Crippen LogP contribution in [0.5, 0.6) is 0 Å². The molecule has 4 fully saturated rings. The maximum absolute atomic E-state index is 12.3. The standard InChI is InChI=1S/C15H26O9S.2C14H23NO7S.C13H22O6S/c1-8(6-25-2)10(18)3-9-11(19)4-15(22,23-7-17)24-14(9)13(21)12(20)5-16;2*1-8(6-23-3)10(18)4-12-13(15-9(2)17)11(19)5-14(20,22-12)21-7-16;1-8(6-20-3)11(15)4-10-9(2)19-13(17,18-7-14)5-12(10)16/h7-9,11-14,16,19-22H,3-6H2,1-2H3;2*7-8,11-13,19-20H,4-6H2,1-3H3,(H,15,17);7-10,12,16-17H,4-6H2,1-3H3. The van der Waals surface area contributed by atoms with Gasteiger partial charge in [0.15, 0.2) is 0 Å². The summed E-state index contributed by atoms with van der Waals surface area (Å²) < 4.78 is 38.8. The molecule has 4 rings (SSSR count). The van der Waals surface area contributed by atoms with E-state index in [-0.39, 0.29) is 105 Å². The lowest BCUT2D eigenvalue weighted by Crippen LogP contribution is -2.61. The number of amides is 2. The van der Waals surface area contributed by atoms with Gasteiger partial charge in [-0.25, -0.2) is 0 Å². The van der Waals surface area contributed by atoms with Gasteiger partial charge in [-0.05, 0) is 31.9 Å². The number of nitrogens with one attached hydrogen (secondary N) is 2. The van der Waals surface area contributed by atoms with Crippen LogP contribution in [0.3, 0.4) is 0 Å². The van der Waals surface area contributed by atoms with Crippen molar-refractivity contribution in [2.75, 3.05) is 54.6 Å². The third-order valence-corrected chi connectivity index (χ3v) is 18.3. The van der Waals surface area contributed by atoms with Gasteiger partial charge in [0.05, 0.1) is 93.2 Å². The topological polar surface area (TPSA) is 491 Å². The first-order chi connectivity index (χ1) is 42.4. The summed E-state index contributed by atoms with van der Waals surface area (Å²) in [7, 11) is 0. The predicted octanol–water partition coefficient (Wildman–Crippen LogP) is -2.37. The first-order valence-corrected chi connectivity index (χ1v) is 34.4. The van der Waals surface area contributed by atoms with Crippen LogP contribution in [0, 0.1) is 35.5 Å². The molecule has 526 valence electrons. The summed E-state index contributed by atoms with van der Waals surface area (Å²) in [5.41, 5.74) is 0. The molecule has 31 nitrogen and oxygen atoms in total. The van der Waals surface area contributed by atoms with E-state index in [2.05, 4.69) is 29.6 Å². The van der Waals surface area contributed by atoms with Crippen molar-refractivity contribution in [3.05, 3.63) is 0 Å². The van der Waals surface area contributed by atoms with E-state index in [9.17, 15) is 99.0 Å². The highest BCUT2D eigenvalue weighted by atomic mass is 32.2. The number of ketones is 4. The molecule has 91 heavy (non-hydrogen) atoms. The number of thioether (sulfide) groups is 4. The zero-order chi connectivity index (χ0) is 69.8. The van der Waals surface area contributed by atoms with Crippen LogP contribution >= 0.6 is 47.0 Å². The smallest absolute Gasteiger partial charge is 0.329 e. The average Bonchev–Trinajstić information content (AvgIpc) is 0.862. The molecule has 0 spiro atoms. The van der Waals surface area contributed by atoms with E-state index in [0.717, 1.165) is 5.75 Å². The number of carbonyl (C=O) groups is 10. The third kappa shape index (κ3) is 28.7. The van der Waals surface area contributed by atoms with Gasteiger partial charge in [-0.15, -0.1) is 0 Å². The molecule has 0 saturated carbocycles. The van der Waals surface area contributed by atoms with E-state index in [1.54, 1.807) is 39.5 Å². The molecule has 4 saturated heterocycles. The molecule has 22 atom stereocenters. The molecule has 0 radical (unpaired) electrons. The lowest BCUT2D eigenvalue weighted by molar-refractivity contribution is -0.399. The summed E-state index contributed by atoms with van der Waals surface area (Å²) in [6.07, 6.45) is -6.48. The molecular weight excluding hydrogens is 1290 g/mol. The van der Waals surface area contributed by atoms with E-state index in [1.165, 1.54) is 49.1 Å². The summed E-state index contributed by atoms with van der Waals surface area (Å²) in [5, 5.41) is 115. The van der Waals surface area contributed by atoms with Gasteiger partial charge >= 0.3 is 23.9 Å². The van der Waals surface area contributed by atoms with Crippen LogP contribution in [0.2, 0.25) is 0 Å². The number of carbonyl (C=O) groups excluding carboxylic acids is 10. The summed E-state index contributed by atoms with van der Waals surface area (Å²) >= 11 is 6.12. The Morgan fingerprint density at radius 1 is 0.495 bits per heavy atom. The fraction of sp³-hybridized carbons (Fsp3) is 0.821. The van der Waals surface area contributed by atoms with Crippen molar-refractivity contribution in [2.24, 2.45) is 35.5 Å². The van der Waals surface area contributed by atoms with Crippen molar-refractivity contribution in [3.8, 4) is 0 Å². The first-order valence-electron chi connectivity index (χ1n) is 28.8. The summed E-state index contributed by atoms with van der Waals surface area (Å²) in [4.78, 5) is 113. The van der Waals surface area contributed by atoms with E-state index in [1.807, 2.05) is 31.9 Å². The second-order valence-corrected chi connectivity index (χ2v) is 26.3. The molecule has 0 aliphatic carbocycles. The van der Waals surface area contributed by atoms with Gasteiger partial charge in [0.1, 0.15) is 35.3 Å². The van der Waals surface area contributed by atoms with Crippen molar-refractivity contribution in [3.63, 3.8) is 0 Å². The Hall–Kier alpha value is -3.70. The number of rotatable bonds is 33. The minimum Gasteiger partial charge on any atom is -0.410 e. The van der Waals surface area contributed by atoms with E-state index in [0.29, 0.717) is 17.3 Å². The Bertz CT molecular complexity index is 2210. The van der Waals surface area contributed by atoms with Crippen LogP contribution in [0.25, 0.3) is 0 Å². The van der Waals surface area contributed by atoms with E-state index >= 15 is 0 Å². The van der Waals surface area contributed by atoms with Crippen molar-refractivity contribution in [1.82, 2.24) is 10.6 Å². The van der Waals surface area contributed by atoms with Crippen LogP contribution in [0.4, 0.5) is 0 Å². The number of Topliss-reactive ketones (excluding diaryl/α,β-unsaturated/α-hetero) is 4. The molecule has 35 heteroatoms. The predicted molar refractivity (Wildman–Crippen MR) is 326 cm³/mol. The number of hydrogen-bond donors (Lipinski definition) is 13. The number of aliphatic hydroxyl groups is 11. The van der Waals surface area contributed by atoms with Crippen molar-refractivity contribution < 1.29 is 142 Å². The Labute approximate surface area is 545 Å². The van der Waals surface area contributed by atoms with Crippen LogP contribution in [0.1, 0.15) is 99.8 Å². The summed E-state index contributed by atoms with van der Waals surface area (Å²) in [6, 6.07) is -1.76. The molecular formula is C56H94N2O29S4. The Balaban J connectivity index is 0.000000608. The van der Waals surface area contributed by atoms with Gasteiger partial charge in [0, 0.05) is 98.0 Å². The van der Waals surface area contributed by atoms with Gasteiger partial charge in [-0.3, -0.25) is 47.9 Å². The highest BCUT2D eigenvalue weighted by molar-refractivity contribution is 7.99. The lowest BCUT2D eigenvalue weighted by atomic mass is 9.80. The minimum atomic E-state index is -2.49. The molecule has 0 aromatic rings. The molecule has 0 aromatic carbocycles. The Morgan fingerprint density at radius 2 is 0.780 bits per heavy atom. The van der Waals surface area contributed by atoms with Crippen LogP contribution in [0.15, 0.2) is 0 Å². The summed E-state index contributed by atoms with van der Waals surface area (Å²) in [5.74, 6) is -10.1. The number of aliphatic hydroxyl groups excluding tert-OH is 7. The maximum atomic E-state index is 12.3. The Kier molecular flexibility index (Phi) is 38.7. The van der Waals surface area contributed by atoms with Crippen molar-refractivity contribution in [2.45, 2.75) is 197 Å². The van der Waals surface area contributed by atoms with Crippen LogP contribution < -0.4 is 10.6 Å². The zero-order valence-corrected chi connectivity index (χ0v) is 56.1. The number of ether oxygens (including phenoxy) is 8. The first kappa shape index (κ1) is 85.3. The van der Waals surface area contributed by atoms with Crippen LogP contribution in [-0.2, 0) is 85.8 Å². The molecule has 0 aromatic heterocycles. The molecule has 13 N–H and O–H groups in total. The fourth-order valence-corrected chi connectivity index (χ4v) is 12.9. The highest BCUT2D eigenvalue weighted by Gasteiger charge is 2.53. The SMILES string of the molecule is CSCC(C)C(=O)CC1C(O)CC(O)(OC=O)OC1C.CSCC(C)C(=O)CC1C(O)CC(O)(OC=O)OC1C(O)C(O)CO.CSCC(C)C(=O)CC1OC(O)(OC=O)CC(O)C1NC(C)=O.CSCC(C)C(=O)CC1OC(O)(OC=O)CC(O)C1NC(C)=O. The fourth-order valence-electron chi connectivity index (χ4n) is 10.2. The molecule has 4 heterocycles. The maximum Gasteiger partial charge on any atom is 0.329 e. The average molecular weight is 1390 g/mol. The van der Waals surface area contributed by atoms with Crippen molar-refractivity contribution >= 4 is 108 Å². The Morgan fingerprint density at radius 3 is 1.08 bits per heavy atom. The molecule has 4 aliphatic rings. The normalized spacial score (nSPS) is 33.1. The van der Waals surface area contributed by atoms with Gasteiger partial charge < -0.3 is 105 Å². The molecule has 0 bridgehead atoms. The third-order valence-electron chi connectivity index (χ3n) is 15.0. The van der Waals surface area contributed by atoms with Crippen LogP contribution in [-0.4, -0.2) is 269 Å². The quantitative estimate of drug-likeness (QED) is 0.0186. The van der Waals surface area contributed by atoms with Gasteiger partial charge in [0.25, 0.3) is 25.9 Å². The zero-order valence-electron chi connectivity index (χ0n) is 52.8. The molecule has 22 unspecified atom stereocenters. The van der Waals surface area contributed by atoms with Gasteiger partial charge in [-0.1, -0.05) is 27.7 Å². The molecule has 2 amide bonds. The van der Waals surface area contributed by atoms with E-state index in [4.69, 9.17) is 24.1 Å². The second-order valence-electron chi connectivity index (χ2n) is 22.6. The van der Waals surface area contributed by atoms with E-state index < -0.39 is 147 Å². The summed E-state index contributed by atoms with van der Waals surface area (Å²) in [6.45, 7) is 10.5. The van der Waals surface area contributed by atoms with Gasteiger partial charge in [-0.2, -0.15) is 47.0 Å². The molecule has 4 aliphatic heterocycles. The number of hydrogen-bond acceptors (Lipinski definition) is 33. The lowest BCUT2D eigenvalue weighted by Gasteiger charge is -2.45.